The molecule has 0 aliphatic carbocycles. The van der Waals surface area contributed by atoms with Gasteiger partial charge >= 0.3 is 6.03 Å². The molecular weight excluding hydrogens is 424 g/mol. The molecule has 32 heavy (non-hydrogen) atoms. The lowest BCUT2D eigenvalue weighted by Gasteiger charge is -2.35. The van der Waals surface area contributed by atoms with Crippen molar-refractivity contribution in [2.45, 2.75) is 24.3 Å². The Hall–Kier alpha value is -3.10. The van der Waals surface area contributed by atoms with E-state index in [1.165, 1.54) is 4.90 Å². The van der Waals surface area contributed by atoms with Gasteiger partial charge in [0.1, 0.15) is 0 Å². The monoisotopic (exact) mass is 450 g/mol. The topological polar surface area (TPSA) is 80.5 Å². The smallest absolute Gasteiger partial charge is 0.322 e. The van der Waals surface area contributed by atoms with Gasteiger partial charge in [-0.05, 0) is 49.4 Å². The zero-order chi connectivity index (χ0) is 22.5. The molecule has 0 bridgehead atoms. The highest BCUT2D eigenvalue weighted by Gasteiger charge is 2.35. The molecule has 3 aromatic rings. The predicted molar refractivity (Wildman–Crippen MR) is 125 cm³/mol. The number of ether oxygens (including phenoxy) is 1. The van der Waals surface area contributed by atoms with Gasteiger partial charge in [0.2, 0.25) is 5.82 Å². The average molecular weight is 451 g/mol. The summed E-state index contributed by atoms with van der Waals surface area (Å²) in [6.07, 6.45) is 2.76. The zero-order valence-corrected chi connectivity index (χ0v) is 19.2. The molecule has 1 aliphatic rings. The first-order chi connectivity index (χ1) is 15.6. The van der Waals surface area contributed by atoms with E-state index in [0.717, 1.165) is 28.8 Å². The van der Waals surface area contributed by atoms with Crippen LogP contribution < -0.4 is 5.32 Å². The van der Waals surface area contributed by atoms with Crippen LogP contribution in [-0.2, 0) is 4.74 Å². The quantitative estimate of drug-likeness (QED) is 0.385. The second-order valence-corrected chi connectivity index (χ2v) is 8.32. The fourth-order valence-electron chi connectivity index (χ4n) is 3.78. The van der Waals surface area contributed by atoms with Gasteiger partial charge in [-0.15, -0.1) is 11.8 Å². The summed E-state index contributed by atoms with van der Waals surface area (Å²) < 4.78 is 10.9. The lowest BCUT2D eigenvalue weighted by molar-refractivity contribution is 0.174. The van der Waals surface area contributed by atoms with Crippen LogP contribution in [0.1, 0.15) is 30.8 Å². The fraction of sp³-hybridized carbons (Fsp3) is 0.292. The van der Waals surface area contributed by atoms with Crippen molar-refractivity contribution in [3.8, 4) is 11.4 Å². The number of rotatable bonds is 8. The van der Waals surface area contributed by atoms with E-state index >= 15 is 0 Å². The molecule has 1 aliphatic heterocycles. The summed E-state index contributed by atoms with van der Waals surface area (Å²) in [5.41, 5.74) is 3.43. The Kier molecular flexibility index (Phi) is 6.92. The third-order valence-electron chi connectivity index (χ3n) is 5.46. The van der Waals surface area contributed by atoms with Crippen LogP contribution in [0.3, 0.4) is 0 Å². The maximum absolute atomic E-state index is 12.9. The first kappa shape index (κ1) is 22.1. The molecule has 0 fully saturated rings. The number of allylic oxidation sites excluding steroid dienone is 1. The minimum Gasteiger partial charge on any atom is -0.385 e. The number of thioether (sulfide) groups is 1. The van der Waals surface area contributed by atoms with Crippen molar-refractivity contribution >= 4 is 23.4 Å². The summed E-state index contributed by atoms with van der Waals surface area (Å²) in [5.74, 6) is 0.916. The van der Waals surface area contributed by atoms with Gasteiger partial charge in [-0.2, -0.15) is 4.98 Å². The van der Waals surface area contributed by atoms with Crippen LogP contribution in [0.25, 0.3) is 17.0 Å². The molecule has 4 rings (SSSR count). The van der Waals surface area contributed by atoms with Gasteiger partial charge in [-0.25, -0.2) is 4.79 Å². The number of carbonyl (C=O) groups is 1. The first-order valence-corrected chi connectivity index (χ1v) is 11.7. The number of urea groups is 1. The second kappa shape index (κ2) is 10.0. The van der Waals surface area contributed by atoms with Gasteiger partial charge in [0.25, 0.3) is 5.89 Å². The Bertz CT molecular complexity index is 1100. The van der Waals surface area contributed by atoms with E-state index in [1.807, 2.05) is 67.8 Å². The van der Waals surface area contributed by atoms with E-state index in [0.29, 0.717) is 24.9 Å². The lowest BCUT2D eigenvalue weighted by atomic mass is 9.94. The maximum Gasteiger partial charge on any atom is 0.322 e. The van der Waals surface area contributed by atoms with Crippen LogP contribution >= 0.6 is 11.8 Å². The second-order valence-electron chi connectivity index (χ2n) is 7.44. The van der Waals surface area contributed by atoms with Crippen molar-refractivity contribution in [1.82, 2.24) is 20.4 Å². The van der Waals surface area contributed by atoms with Crippen molar-refractivity contribution in [3.63, 3.8) is 0 Å². The number of hydrogen-bond acceptors (Lipinski definition) is 6. The van der Waals surface area contributed by atoms with Gasteiger partial charge < -0.3 is 14.6 Å². The molecule has 1 atom stereocenters. The number of methoxy groups -OCH3 is 1. The normalized spacial score (nSPS) is 16.4. The van der Waals surface area contributed by atoms with E-state index in [9.17, 15) is 4.79 Å². The summed E-state index contributed by atoms with van der Waals surface area (Å²) in [5, 5.41) is 7.33. The van der Waals surface area contributed by atoms with Crippen LogP contribution in [0.15, 0.2) is 69.7 Å². The van der Waals surface area contributed by atoms with Gasteiger partial charge in [0.15, 0.2) is 0 Å². The standard InChI is InChI=1S/C24H26N4O3S/c1-16-20(23-26-22(27-31-23)18-10-12-19(32-3)13-11-18)21(17-8-5-4-6-9-17)25-24(29)28(16)14-7-15-30-2/h4-6,8-13,21H,7,14-15H2,1-3H3,(H,25,29). The van der Waals surface area contributed by atoms with E-state index in [2.05, 4.69) is 10.5 Å². The minimum atomic E-state index is -0.380. The van der Waals surface area contributed by atoms with Crippen LogP contribution in [0, 0.1) is 0 Å². The molecule has 7 nitrogen and oxygen atoms in total. The number of benzene rings is 2. The predicted octanol–water partition coefficient (Wildman–Crippen LogP) is 4.99. The molecule has 166 valence electrons. The summed E-state index contributed by atoms with van der Waals surface area (Å²) in [6.45, 7) is 3.03. The van der Waals surface area contributed by atoms with Gasteiger partial charge in [-0.3, -0.25) is 4.90 Å². The van der Waals surface area contributed by atoms with Crippen LogP contribution in [-0.4, -0.2) is 47.6 Å². The summed E-state index contributed by atoms with van der Waals surface area (Å²) in [7, 11) is 1.65. The largest absolute Gasteiger partial charge is 0.385 e. The molecule has 2 aromatic carbocycles. The third-order valence-corrected chi connectivity index (χ3v) is 6.21. The molecule has 2 heterocycles. The van der Waals surface area contributed by atoms with Crippen molar-refractivity contribution in [1.29, 1.82) is 0 Å². The summed E-state index contributed by atoms with van der Waals surface area (Å²) in [4.78, 5) is 20.5. The highest BCUT2D eigenvalue weighted by Crippen LogP contribution is 2.37. The zero-order valence-electron chi connectivity index (χ0n) is 18.4. The molecule has 8 heteroatoms. The van der Waals surface area contributed by atoms with Crippen molar-refractivity contribution in [2.75, 3.05) is 26.5 Å². The van der Waals surface area contributed by atoms with E-state index in [4.69, 9.17) is 14.2 Å². The lowest BCUT2D eigenvalue weighted by Crippen LogP contribution is -2.46. The number of nitrogens with one attached hydrogen (secondary N) is 1. The molecular formula is C24H26N4O3S. The van der Waals surface area contributed by atoms with Gasteiger partial charge in [-0.1, -0.05) is 35.5 Å². The molecule has 0 saturated heterocycles. The Balaban J connectivity index is 1.74. The van der Waals surface area contributed by atoms with Crippen LogP contribution in [0.4, 0.5) is 4.79 Å². The van der Waals surface area contributed by atoms with Crippen molar-refractivity contribution in [3.05, 3.63) is 71.7 Å². The van der Waals surface area contributed by atoms with Gasteiger partial charge in [0.05, 0.1) is 11.6 Å². The Morgan fingerprint density at radius 1 is 1.16 bits per heavy atom. The van der Waals surface area contributed by atoms with Crippen molar-refractivity contribution in [2.24, 2.45) is 0 Å². The van der Waals surface area contributed by atoms with Gasteiger partial charge in [0, 0.05) is 36.4 Å². The molecule has 0 radical (unpaired) electrons. The summed E-state index contributed by atoms with van der Waals surface area (Å²) in [6, 6.07) is 17.3. The number of amides is 2. The molecule has 1 aromatic heterocycles. The molecule has 1 N–H and O–H groups in total. The highest BCUT2D eigenvalue weighted by molar-refractivity contribution is 7.98. The molecule has 1 unspecified atom stereocenters. The Labute approximate surface area is 191 Å². The minimum absolute atomic E-state index is 0.149. The number of nitrogens with zero attached hydrogens (tertiary/aromatic N) is 3. The molecule has 0 spiro atoms. The van der Waals surface area contributed by atoms with Crippen LogP contribution in [0.2, 0.25) is 0 Å². The summed E-state index contributed by atoms with van der Waals surface area (Å²) >= 11 is 1.68. The molecule has 2 amide bonds. The fourth-order valence-corrected chi connectivity index (χ4v) is 4.19. The van der Waals surface area contributed by atoms with E-state index in [1.54, 1.807) is 23.8 Å². The average Bonchev–Trinajstić information content (AvgIpc) is 3.31. The number of aromatic nitrogens is 2. The number of hydrogen-bond donors (Lipinski definition) is 1. The molecule has 0 saturated carbocycles. The SMILES string of the molecule is COCCCN1C(=O)NC(c2ccccc2)C(c2nc(-c3ccc(SC)cc3)no2)=C1C. The van der Waals surface area contributed by atoms with E-state index < -0.39 is 0 Å². The Morgan fingerprint density at radius 3 is 2.59 bits per heavy atom. The highest BCUT2D eigenvalue weighted by atomic mass is 32.2. The number of carbonyl (C=O) groups excluding carboxylic acids is 1. The third kappa shape index (κ3) is 4.56. The van der Waals surface area contributed by atoms with E-state index in [-0.39, 0.29) is 12.1 Å². The maximum atomic E-state index is 12.9. The first-order valence-electron chi connectivity index (χ1n) is 10.4. The Morgan fingerprint density at radius 2 is 1.91 bits per heavy atom. The van der Waals surface area contributed by atoms with Crippen LogP contribution in [0.5, 0.6) is 0 Å². The van der Waals surface area contributed by atoms with Crippen molar-refractivity contribution < 1.29 is 14.1 Å².